The molecule has 0 aliphatic carbocycles. The molecule has 0 aromatic carbocycles. The number of imidazole rings is 1. The zero-order valence-electron chi connectivity index (χ0n) is 9.47. The van der Waals surface area contributed by atoms with Gasteiger partial charge in [-0.2, -0.15) is 0 Å². The quantitative estimate of drug-likeness (QED) is 0.769. The van der Waals surface area contributed by atoms with E-state index in [0.717, 1.165) is 0 Å². The molecule has 2 N–H and O–H groups in total. The standard InChI is InChI=1S/C10H15N3O3/c1-6(2)8(10(15)16)12-9(14)7-4-13(3)5-11-7/h4-6,8H,1-3H3,(H,12,14)(H,15,16)/t8-/m0/s1. The summed E-state index contributed by atoms with van der Waals surface area (Å²) in [6, 6.07) is -0.894. The fourth-order valence-corrected chi connectivity index (χ4v) is 1.26. The van der Waals surface area contributed by atoms with Crippen molar-refractivity contribution in [1.29, 1.82) is 0 Å². The van der Waals surface area contributed by atoms with Crippen molar-refractivity contribution in [2.45, 2.75) is 19.9 Å². The number of aryl methyl sites for hydroxylation is 1. The van der Waals surface area contributed by atoms with Gasteiger partial charge in [0.2, 0.25) is 0 Å². The second-order valence-corrected chi connectivity index (χ2v) is 3.96. The first-order chi connectivity index (χ1) is 7.41. The van der Waals surface area contributed by atoms with E-state index in [4.69, 9.17) is 5.11 Å². The van der Waals surface area contributed by atoms with Gasteiger partial charge in [0, 0.05) is 13.2 Å². The summed E-state index contributed by atoms with van der Waals surface area (Å²) < 4.78 is 1.63. The first-order valence-corrected chi connectivity index (χ1v) is 4.93. The average molecular weight is 225 g/mol. The first-order valence-electron chi connectivity index (χ1n) is 4.93. The summed E-state index contributed by atoms with van der Waals surface area (Å²) in [7, 11) is 1.74. The van der Waals surface area contributed by atoms with Crippen LogP contribution in [0.25, 0.3) is 0 Å². The van der Waals surface area contributed by atoms with E-state index in [1.165, 1.54) is 12.5 Å². The third-order valence-electron chi connectivity index (χ3n) is 2.16. The highest BCUT2D eigenvalue weighted by Gasteiger charge is 2.24. The van der Waals surface area contributed by atoms with E-state index in [-0.39, 0.29) is 11.6 Å². The van der Waals surface area contributed by atoms with Crippen LogP contribution in [0, 0.1) is 5.92 Å². The number of carboxylic acids is 1. The molecule has 0 aliphatic rings. The Hall–Kier alpha value is -1.85. The molecule has 16 heavy (non-hydrogen) atoms. The van der Waals surface area contributed by atoms with Crippen LogP contribution in [0.3, 0.4) is 0 Å². The van der Waals surface area contributed by atoms with Gasteiger partial charge in [-0.05, 0) is 5.92 Å². The highest BCUT2D eigenvalue weighted by molar-refractivity contribution is 5.94. The van der Waals surface area contributed by atoms with Crippen molar-refractivity contribution in [3.05, 3.63) is 18.2 Å². The van der Waals surface area contributed by atoms with Crippen LogP contribution in [-0.4, -0.2) is 32.6 Å². The maximum atomic E-state index is 11.6. The van der Waals surface area contributed by atoms with Crippen molar-refractivity contribution < 1.29 is 14.7 Å². The maximum absolute atomic E-state index is 11.6. The molecule has 0 spiro atoms. The number of carboxylic acid groups (broad SMARTS) is 1. The number of aliphatic carboxylic acids is 1. The Labute approximate surface area is 93.3 Å². The zero-order valence-corrected chi connectivity index (χ0v) is 9.47. The summed E-state index contributed by atoms with van der Waals surface area (Å²) in [5.74, 6) is -1.69. The van der Waals surface area contributed by atoms with Gasteiger partial charge >= 0.3 is 5.97 Å². The van der Waals surface area contributed by atoms with Gasteiger partial charge in [0.05, 0.1) is 6.33 Å². The number of hydrogen-bond acceptors (Lipinski definition) is 3. The molecular weight excluding hydrogens is 210 g/mol. The van der Waals surface area contributed by atoms with Crippen LogP contribution < -0.4 is 5.32 Å². The van der Waals surface area contributed by atoms with Gasteiger partial charge < -0.3 is 15.0 Å². The lowest BCUT2D eigenvalue weighted by molar-refractivity contribution is -0.140. The van der Waals surface area contributed by atoms with E-state index in [1.807, 2.05) is 0 Å². The molecule has 1 amide bonds. The van der Waals surface area contributed by atoms with Crippen LogP contribution >= 0.6 is 0 Å². The normalized spacial score (nSPS) is 12.5. The third kappa shape index (κ3) is 2.82. The Morgan fingerprint density at radius 3 is 2.50 bits per heavy atom. The Morgan fingerprint density at radius 1 is 1.50 bits per heavy atom. The molecule has 1 heterocycles. The molecule has 0 aliphatic heterocycles. The smallest absolute Gasteiger partial charge is 0.326 e. The molecule has 6 nitrogen and oxygen atoms in total. The molecule has 1 rings (SSSR count). The minimum absolute atomic E-state index is 0.176. The molecule has 1 aromatic rings. The Kier molecular flexibility index (Phi) is 3.65. The maximum Gasteiger partial charge on any atom is 0.326 e. The summed E-state index contributed by atoms with van der Waals surface area (Å²) in [5, 5.41) is 11.3. The lowest BCUT2D eigenvalue weighted by Crippen LogP contribution is -2.44. The summed E-state index contributed by atoms with van der Waals surface area (Å²) >= 11 is 0. The molecule has 0 unspecified atom stereocenters. The predicted octanol–water partition coefficient (Wildman–Crippen LogP) is 0.259. The van der Waals surface area contributed by atoms with Gasteiger partial charge in [-0.15, -0.1) is 0 Å². The summed E-state index contributed by atoms with van der Waals surface area (Å²) in [6.07, 6.45) is 3.02. The van der Waals surface area contributed by atoms with Crippen LogP contribution in [-0.2, 0) is 11.8 Å². The van der Waals surface area contributed by atoms with Gasteiger partial charge in [-0.3, -0.25) is 4.79 Å². The summed E-state index contributed by atoms with van der Waals surface area (Å²) in [6.45, 7) is 3.47. The van der Waals surface area contributed by atoms with E-state index in [1.54, 1.807) is 25.5 Å². The van der Waals surface area contributed by atoms with Gasteiger partial charge in [0.15, 0.2) is 0 Å². The molecule has 0 bridgehead atoms. The molecular formula is C10H15N3O3. The van der Waals surface area contributed by atoms with Crippen molar-refractivity contribution in [2.24, 2.45) is 13.0 Å². The van der Waals surface area contributed by atoms with Crippen LogP contribution in [0.4, 0.5) is 0 Å². The van der Waals surface area contributed by atoms with E-state index in [0.29, 0.717) is 0 Å². The van der Waals surface area contributed by atoms with Gasteiger partial charge in [0.1, 0.15) is 11.7 Å². The predicted molar refractivity (Wildman–Crippen MR) is 56.9 cm³/mol. The number of rotatable bonds is 4. The topological polar surface area (TPSA) is 84.2 Å². The second kappa shape index (κ2) is 4.78. The van der Waals surface area contributed by atoms with Crippen molar-refractivity contribution in [1.82, 2.24) is 14.9 Å². The van der Waals surface area contributed by atoms with Crippen molar-refractivity contribution in [3.8, 4) is 0 Å². The van der Waals surface area contributed by atoms with Gasteiger partial charge in [-0.25, -0.2) is 9.78 Å². The highest BCUT2D eigenvalue weighted by Crippen LogP contribution is 2.03. The van der Waals surface area contributed by atoms with Gasteiger partial charge in [-0.1, -0.05) is 13.8 Å². The minimum atomic E-state index is -1.04. The third-order valence-corrected chi connectivity index (χ3v) is 2.16. The monoisotopic (exact) mass is 225 g/mol. The lowest BCUT2D eigenvalue weighted by Gasteiger charge is -2.16. The number of nitrogens with zero attached hydrogens (tertiary/aromatic N) is 2. The highest BCUT2D eigenvalue weighted by atomic mass is 16.4. The largest absolute Gasteiger partial charge is 0.480 e. The van der Waals surface area contributed by atoms with Crippen LogP contribution in [0.2, 0.25) is 0 Å². The molecule has 88 valence electrons. The second-order valence-electron chi connectivity index (χ2n) is 3.96. The molecule has 1 aromatic heterocycles. The number of nitrogens with one attached hydrogen (secondary N) is 1. The van der Waals surface area contributed by atoms with E-state index < -0.39 is 17.9 Å². The van der Waals surface area contributed by atoms with E-state index in [9.17, 15) is 9.59 Å². The zero-order chi connectivity index (χ0) is 12.3. The van der Waals surface area contributed by atoms with E-state index in [2.05, 4.69) is 10.3 Å². The number of carbonyl (C=O) groups excluding carboxylic acids is 1. The van der Waals surface area contributed by atoms with Crippen LogP contribution in [0.15, 0.2) is 12.5 Å². The Balaban J connectivity index is 2.73. The van der Waals surface area contributed by atoms with Gasteiger partial charge in [0.25, 0.3) is 5.91 Å². The molecule has 1 atom stereocenters. The molecule has 0 saturated heterocycles. The molecule has 0 radical (unpaired) electrons. The first kappa shape index (κ1) is 12.2. The summed E-state index contributed by atoms with van der Waals surface area (Å²) in [5.41, 5.74) is 0.217. The van der Waals surface area contributed by atoms with Crippen LogP contribution in [0.5, 0.6) is 0 Å². The lowest BCUT2D eigenvalue weighted by atomic mass is 10.0. The molecule has 0 saturated carbocycles. The molecule has 6 heteroatoms. The van der Waals surface area contributed by atoms with E-state index >= 15 is 0 Å². The number of carbonyl (C=O) groups is 2. The van der Waals surface area contributed by atoms with Crippen molar-refractivity contribution in [2.75, 3.05) is 0 Å². The fraction of sp³-hybridized carbons (Fsp3) is 0.500. The summed E-state index contributed by atoms with van der Waals surface area (Å²) in [4.78, 5) is 26.3. The minimum Gasteiger partial charge on any atom is -0.480 e. The van der Waals surface area contributed by atoms with Crippen molar-refractivity contribution >= 4 is 11.9 Å². The molecule has 0 fully saturated rings. The number of aromatic nitrogens is 2. The fourth-order valence-electron chi connectivity index (χ4n) is 1.26. The Morgan fingerprint density at radius 2 is 2.12 bits per heavy atom. The van der Waals surface area contributed by atoms with Crippen molar-refractivity contribution in [3.63, 3.8) is 0 Å². The average Bonchev–Trinajstić information content (AvgIpc) is 2.59. The number of amides is 1. The Bertz CT molecular complexity index is 398. The number of hydrogen-bond donors (Lipinski definition) is 2. The SMILES string of the molecule is CC(C)[C@H](NC(=O)c1cn(C)cn1)C(=O)O. The van der Waals surface area contributed by atoms with Crippen LogP contribution in [0.1, 0.15) is 24.3 Å².